The Hall–Kier alpha value is -3.51. The van der Waals surface area contributed by atoms with E-state index < -0.39 is 23.1 Å². The van der Waals surface area contributed by atoms with Crippen LogP contribution in [0.3, 0.4) is 0 Å². The van der Waals surface area contributed by atoms with E-state index in [2.05, 4.69) is 20.8 Å². The Kier molecular flexibility index (Phi) is 9.22. The zero-order valence-corrected chi connectivity index (χ0v) is 22.6. The first-order chi connectivity index (χ1) is 17.7. The van der Waals surface area contributed by atoms with Crippen LogP contribution in [-0.4, -0.2) is 38.5 Å². The average Bonchev–Trinajstić information content (AvgIpc) is 2.89. The normalized spacial score (nSPS) is 12.6. The lowest BCUT2D eigenvalue weighted by Crippen LogP contribution is -2.46. The topological polar surface area (TPSA) is 74.2 Å². The lowest BCUT2D eigenvalue weighted by molar-refractivity contribution is -0.157. The number of carboxylic acids is 1. The second-order valence-electron chi connectivity index (χ2n) is 10.0. The van der Waals surface area contributed by atoms with Crippen molar-refractivity contribution in [3.05, 3.63) is 89.5 Å². The van der Waals surface area contributed by atoms with E-state index in [1.165, 1.54) is 0 Å². The van der Waals surface area contributed by atoms with Crippen LogP contribution < -0.4 is 14.2 Å². The molecule has 0 aliphatic heterocycles. The van der Waals surface area contributed by atoms with Gasteiger partial charge in [0.2, 0.25) is 5.75 Å². The van der Waals surface area contributed by atoms with Crippen molar-refractivity contribution in [1.29, 1.82) is 0 Å². The number of carboxylic acid groups (broad SMARTS) is 1. The first kappa shape index (κ1) is 28.1. The fraction of sp³-hybridized carbons (Fsp3) is 0.387. The van der Waals surface area contributed by atoms with Gasteiger partial charge in [-0.15, -0.1) is 0 Å². The highest BCUT2D eigenvalue weighted by Crippen LogP contribution is 2.49. The van der Waals surface area contributed by atoms with Gasteiger partial charge in [0, 0.05) is 0 Å². The van der Waals surface area contributed by atoms with E-state index in [-0.39, 0.29) is 6.42 Å². The predicted molar refractivity (Wildman–Crippen MR) is 145 cm³/mol. The zero-order chi connectivity index (χ0) is 27.1. The van der Waals surface area contributed by atoms with Gasteiger partial charge < -0.3 is 24.1 Å². The molecule has 6 nitrogen and oxygen atoms in total. The van der Waals surface area contributed by atoms with Crippen LogP contribution >= 0.6 is 0 Å². The lowest BCUT2D eigenvalue weighted by Gasteiger charge is -2.47. The summed E-state index contributed by atoms with van der Waals surface area (Å²) >= 11 is 0. The number of aryl methyl sites for hydroxylation is 1. The Labute approximate surface area is 220 Å². The molecule has 3 rings (SSSR count). The van der Waals surface area contributed by atoms with E-state index in [0.29, 0.717) is 30.1 Å². The standard InChI is InChI=1S/C31H38O6/c1-30(2,3)31(23-13-9-7-10-14-23,24-15-11-8-12-16-24)37-25(21-27(32)33)19-17-22-18-20-26(34-4)29(36-6)28(22)35-5/h7-16,18,20,25H,17,19,21H2,1-6H3,(H,32,33). The molecule has 0 spiro atoms. The number of benzene rings is 3. The second kappa shape index (κ2) is 12.2. The molecule has 0 amide bonds. The summed E-state index contributed by atoms with van der Waals surface area (Å²) in [5.41, 5.74) is 1.57. The smallest absolute Gasteiger partial charge is 0.305 e. The first-order valence-corrected chi connectivity index (χ1v) is 12.5. The van der Waals surface area contributed by atoms with Crippen molar-refractivity contribution in [1.82, 2.24) is 0 Å². The van der Waals surface area contributed by atoms with Crippen LogP contribution in [-0.2, 0) is 21.6 Å². The largest absolute Gasteiger partial charge is 0.493 e. The van der Waals surface area contributed by atoms with Crippen molar-refractivity contribution in [2.45, 2.75) is 51.7 Å². The van der Waals surface area contributed by atoms with E-state index in [1.54, 1.807) is 21.3 Å². The number of methoxy groups -OCH3 is 3. The zero-order valence-electron chi connectivity index (χ0n) is 22.6. The van der Waals surface area contributed by atoms with Crippen LogP contribution in [0, 0.1) is 5.41 Å². The molecule has 0 bridgehead atoms. The summed E-state index contributed by atoms with van der Waals surface area (Å²) in [6.07, 6.45) is 0.295. The van der Waals surface area contributed by atoms with Crippen molar-refractivity contribution in [2.75, 3.05) is 21.3 Å². The van der Waals surface area contributed by atoms with Crippen LogP contribution in [0.25, 0.3) is 0 Å². The summed E-state index contributed by atoms with van der Waals surface area (Å²) in [6.45, 7) is 6.38. The van der Waals surface area contributed by atoms with Crippen molar-refractivity contribution in [3.8, 4) is 17.2 Å². The van der Waals surface area contributed by atoms with Crippen LogP contribution in [0.1, 0.15) is 50.3 Å². The van der Waals surface area contributed by atoms with Crippen molar-refractivity contribution < 1.29 is 28.8 Å². The highest BCUT2D eigenvalue weighted by Gasteiger charge is 2.48. The number of carbonyl (C=O) groups is 1. The maximum Gasteiger partial charge on any atom is 0.305 e. The van der Waals surface area contributed by atoms with Crippen LogP contribution in [0.15, 0.2) is 72.8 Å². The van der Waals surface area contributed by atoms with Crippen LogP contribution in [0.2, 0.25) is 0 Å². The molecule has 37 heavy (non-hydrogen) atoms. The molecule has 0 fully saturated rings. The molecule has 3 aromatic rings. The minimum Gasteiger partial charge on any atom is -0.493 e. The molecule has 3 aromatic carbocycles. The molecule has 6 heteroatoms. The fourth-order valence-electron chi connectivity index (χ4n) is 5.02. The van der Waals surface area contributed by atoms with Gasteiger partial charge in [0.15, 0.2) is 11.5 Å². The molecule has 1 unspecified atom stereocenters. The molecule has 0 aromatic heterocycles. The molecule has 0 saturated heterocycles. The molecule has 0 aliphatic carbocycles. The van der Waals surface area contributed by atoms with E-state index in [0.717, 1.165) is 16.7 Å². The Morgan fingerprint density at radius 1 is 0.784 bits per heavy atom. The number of ether oxygens (including phenoxy) is 4. The SMILES string of the molecule is COc1ccc(CCC(CC(=O)O)OC(c2ccccc2)(c2ccccc2)C(C)(C)C)c(OC)c1OC. The van der Waals surface area contributed by atoms with Crippen molar-refractivity contribution >= 4 is 5.97 Å². The third-order valence-corrected chi connectivity index (χ3v) is 6.68. The molecule has 1 N–H and O–H groups in total. The maximum atomic E-state index is 12.0. The molecule has 198 valence electrons. The van der Waals surface area contributed by atoms with Crippen molar-refractivity contribution in [2.24, 2.45) is 5.41 Å². The first-order valence-electron chi connectivity index (χ1n) is 12.5. The lowest BCUT2D eigenvalue weighted by atomic mass is 9.68. The van der Waals surface area contributed by atoms with Gasteiger partial charge in [-0.1, -0.05) is 87.5 Å². The molecule has 1 atom stereocenters. The quantitative estimate of drug-likeness (QED) is 0.302. The summed E-state index contributed by atoms with van der Waals surface area (Å²) in [6, 6.07) is 23.8. The Morgan fingerprint density at radius 2 is 1.32 bits per heavy atom. The minimum atomic E-state index is -0.909. The van der Waals surface area contributed by atoms with E-state index >= 15 is 0 Å². The molecular formula is C31H38O6. The average molecular weight is 507 g/mol. The molecule has 0 heterocycles. The third kappa shape index (κ3) is 6.08. The Bertz CT molecular complexity index is 1110. The number of hydrogen-bond donors (Lipinski definition) is 1. The van der Waals surface area contributed by atoms with Gasteiger partial charge >= 0.3 is 5.97 Å². The van der Waals surface area contributed by atoms with E-state index in [4.69, 9.17) is 18.9 Å². The van der Waals surface area contributed by atoms with E-state index in [9.17, 15) is 9.90 Å². The highest BCUT2D eigenvalue weighted by molar-refractivity contribution is 5.67. The maximum absolute atomic E-state index is 12.0. The number of rotatable bonds is 12. The summed E-state index contributed by atoms with van der Waals surface area (Å²) in [7, 11) is 4.73. The van der Waals surface area contributed by atoms with E-state index in [1.807, 2.05) is 72.8 Å². The monoisotopic (exact) mass is 506 g/mol. The van der Waals surface area contributed by atoms with Crippen molar-refractivity contribution in [3.63, 3.8) is 0 Å². The summed E-state index contributed by atoms with van der Waals surface area (Å²) < 4.78 is 23.6. The molecular weight excluding hydrogens is 468 g/mol. The second-order valence-corrected chi connectivity index (χ2v) is 10.0. The fourth-order valence-corrected chi connectivity index (χ4v) is 5.02. The van der Waals surface area contributed by atoms with Gasteiger partial charge in [-0.2, -0.15) is 0 Å². The van der Waals surface area contributed by atoms with Gasteiger partial charge in [-0.25, -0.2) is 0 Å². The summed E-state index contributed by atoms with van der Waals surface area (Å²) in [4.78, 5) is 12.0. The summed E-state index contributed by atoms with van der Waals surface area (Å²) in [5.74, 6) is 0.745. The summed E-state index contributed by atoms with van der Waals surface area (Å²) in [5, 5.41) is 9.83. The van der Waals surface area contributed by atoms with Gasteiger partial charge in [0.25, 0.3) is 0 Å². The highest BCUT2D eigenvalue weighted by atomic mass is 16.5. The molecule has 0 radical (unpaired) electrons. The molecule has 0 aliphatic rings. The number of aliphatic carboxylic acids is 1. The molecule has 0 saturated carbocycles. The Morgan fingerprint density at radius 3 is 1.76 bits per heavy atom. The minimum absolute atomic E-state index is 0.132. The number of hydrogen-bond acceptors (Lipinski definition) is 5. The Balaban J connectivity index is 2.06. The van der Waals surface area contributed by atoms with Gasteiger partial charge in [0.1, 0.15) is 5.60 Å². The van der Waals surface area contributed by atoms with Gasteiger partial charge in [-0.05, 0) is 41.0 Å². The van der Waals surface area contributed by atoms with Crippen LogP contribution in [0.4, 0.5) is 0 Å². The third-order valence-electron chi connectivity index (χ3n) is 6.68. The van der Waals surface area contributed by atoms with Gasteiger partial charge in [0.05, 0.1) is 33.9 Å². The van der Waals surface area contributed by atoms with Gasteiger partial charge in [-0.3, -0.25) is 4.79 Å². The van der Waals surface area contributed by atoms with Crippen LogP contribution in [0.5, 0.6) is 17.2 Å². The predicted octanol–water partition coefficient (Wildman–Crippen LogP) is 6.49.